The molecule has 2 N–H and O–H groups in total. The first-order valence-electron chi connectivity index (χ1n) is 7.80. The number of hydrogen-bond acceptors (Lipinski definition) is 6. The molecule has 8 nitrogen and oxygen atoms in total. The molecule has 1 aromatic rings. The fourth-order valence-corrected chi connectivity index (χ4v) is 2.67. The number of rotatable bonds is 11. The van der Waals surface area contributed by atoms with Crippen molar-refractivity contribution in [1.82, 2.24) is 0 Å². The van der Waals surface area contributed by atoms with E-state index in [9.17, 15) is 18.0 Å². The molecule has 2 atom stereocenters. The first-order chi connectivity index (χ1) is 11.7. The summed E-state index contributed by atoms with van der Waals surface area (Å²) in [6, 6.07) is 8.77. The maximum atomic E-state index is 12.0. The summed E-state index contributed by atoms with van der Waals surface area (Å²) >= 11 is 0. The summed E-state index contributed by atoms with van der Waals surface area (Å²) in [6.07, 6.45) is 0.102. The Hall–Kier alpha value is -2.13. The SMILES string of the molecule is CCCCC(COc1ccccc1)OC(=O)C(CC(=O)O)S(=O)(=O)O. The van der Waals surface area contributed by atoms with E-state index < -0.39 is 39.8 Å². The highest BCUT2D eigenvalue weighted by Gasteiger charge is 2.36. The van der Waals surface area contributed by atoms with E-state index in [0.29, 0.717) is 18.6 Å². The van der Waals surface area contributed by atoms with Crippen molar-refractivity contribution in [3.8, 4) is 5.75 Å². The van der Waals surface area contributed by atoms with E-state index in [2.05, 4.69) is 0 Å². The van der Waals surface area contributed by atoms with Gasteiger partial charge in [-0.25, -0.2) is 0 Å². The smallest absolute Gasteiger partial charge is 0.327 e. The second kappa shape index (κ2) is 10.00. The van der Waals surface area contributed by atoms with E-state index in [1.54, 1.807) is 24.3 Å². The van der Waals surface area contributed by atoms with Gasteiger partial charge < -0.3 is 14.6 Å². The van der Waals surface area contributed by atoms with Crippen LogP contribution >= 0.6 is 0 Å². The zero-order chi connectivity index (χ0) is 18.9. The Morgan fingerprint density at radius 3 is 2.36 bits per heavy atom. The molecule has 0 fully saturated rings. The number of esters is 1. The summed E-state index contributed by atoms with van der Waals surface area (Å²) < 4.78 is 42.2. The van der Waals surface area contributed by atoms with Crippen molar-refractivity contribution in [3.05, 3.63) is 30.3 Å². The highest BCUT2D eigenvalue weighted by molar-refractivity contribution is 7.87. The average molecular weight is 374 g/mol. The number of benzene rings is 1. The molecule has 140 valence electrons. The van der Waals surface area contributed by atoms with E-state index in [-0.39, 0.29) is 6.61 Å². The van der Waals surface area contributed by atoms with Gasteiger partial charge >= 0.3 is 11.9 Å². The quantitative estimate of drug-likeness (QED) is 0.444. The number of para-hydroxylation sites is 1. The van der Waals surface area contributed by atoms with E-state index in [1.165, 1.54) is 0 Å². The first kappa shape index (κ1) is 20.9. The van der Waals surface area contributed by atoms with Gasteiger partial charge in [0, 0.05) is 0 Å². The second-order valence-corrected chi connectivity index (χ2v) is 7.03. The van der Waals surface area contributed by atoms with Crippen molar-refractivity contribution in [2.45, 2.75) is 44.0 Å². The fraction of sp³-hybridized carbons (Fsp3) is 0.500. The van der Waals surface area contributed by atoms with Gasteiger partial charge in [0.2, 0.25) is 0 Å². The van der Waals surface area contributed by atoms with Gasteiger partial charge in [-0.15, -0.1) is 0 Å². The van der Waals surface area contributed by atoms with Gasteiger partial charge in [-0.1, -0.05) is 31.5 Å². The number of carbonyl (C=O) groups excluding carboxylic acids is 1. The van der Waals surface area contributed by atoms with Gasteiger partial charge in [-0.3, -0.25) is 14.1 Å². The second-order valence-electron chi connectivity index (χ2n) is 5.43. The predicted molar refractivity (Wildman–Crippen MR) is 88.9 cm³/mol. The standard InChI is InChI=1S/C16H22O8S/c1-2-3-7-13(11-23-12-8-5-4-6-9-12)24-16(19)14(10-15(17)18)25(20,21)22/h4-6,8-9,13-14H,2-3,7,10-11H2,1H3,(H,17,18)(H,20,21,22). The highest BCUT2D eigenvalue weighted by atomic mass is 32.2. The van der Waals surface area contributed by atoms with Crippen molar-refractivity contribution in [2.75, 3.05) is 6.61 Å². The zero-order valence-electron chi connectivity index (χ0n) is 13.8. The molecule has 0 aliphatic carbocycles. The Labute approximate surface area is 146 Å². The molecule has 0 heterocycles. The molecule has 9 heteroatoms. The lowest BCUT2D eigenvalue weighted by Gasteiger charge is -2.20. The molecule has 0 aliphatic rings. The maximum absolute atomic E-state index is 12.0. The Morgan fingerprint density at radius 1 is 1.20 bits per heavy atom. The van der Waals surface area contributed by atoms with Gasteiger partial charge in [0.1, 0.15) is 18.5 Å². The van der Waals surface area contributed by atoms with Gasteiger partial charge in [0.15, 0.2) is 5.25 Å². The van der Waals surface area contributed by atoms with Crippen molar-refractivity contribution >= 4 is 22.1 Å². The fourth-order valence-electron chi connectivity index (χ4n) is 2.02. The Balaban J connectivity index is 2.77. The average Bonchev–Trinajstić information content (AvgIpc) is 2.54. The third-order valence-electron chi connectivity index (χ3n) is 3.32. The molecular formula is C16H22O8S. The topological polar surface area (TPSA) is 127 Å². The maximum Gasteiger partial charge on any atom is 0.327 e. The van der Waals surface area contributed by atoms with E-state index in [0.717, 1.165) is 6.42 Å². The monoisotopic (exact) mass is 374 g/mol. The minimum atomic E-state index is -4.89. The van der Waals surface area contributed by atoms with E-state index in [1.807, 2.05) is 13.0 Å². The highest BCUT2D eigenvalue weighted by Crippen LogP contribution is 2.15. The van der Waals surface area contributed by atoms with Crippen LogP contribution in [0.3, 0.4) is 0 Å². The minimum Gasteiger partial charge on any atom is -0.490 e. The van der Waals surface area contributed by atoms with Crippen LogP contribution in [0.15, 0.2) is 30.3 Å². The summed E-state index contributed by atoms with van der Waals surface area (Å²) in [4.78, 5) is 22.8. The van der Waals surface area contributed by atoms with Gasteiger partial charge in [-0.05, 0) is 25.0 Å². The molecule has 0 bridgehead atoms. The van der Waals surface area contributed by atoms with Crippen molar-refractivity contribution in [1.29, 1.82) is 0 Å². The van der Waals surface area contributed by atoms with Crippen LogP contribution in [0, 0.1) is 0 Å². The van der Waals surface area contributed by atoms with Crippen LogP contribution in [0.1, 0.15) is 32.6 Å². The molecular weight excluding hydrogens is 352 g/mol. The Bertz CT molecular complexity index is 656. The number of carboxylic acids is 1. The molecule has 0 aliphatic heterocycles. The van der Waals surface area contributed by atoms with E-state index >= 15 is 0 Å². The number of hydrogen-bond donors (Lipinski definition) is 2. The third kappa shape index (κ3) is 7.99. The predicted octanol–water partition coefficient (Wildman–Crippen LogP) is 1.90. The molecule has 0 amide bonds. The summed E-state index contributed by atoms with van der Waals surface area (Å²) in [5, 5.41) is 6.55. The number of carboxylic acid groups (broad SMARTS) is 1. The molecule has 25 heavy (non-hydrogen) atoms. The summed E-state index contributed by atoms with van der Waals surface area (Å²) in [5.41, 5.74) is 0. The lowest BCUT2D eigenvalue weighted by Crippen LogP contribution is -2.37. The lowest BCUT2D eigenvalue weighted by molar-refractivity contribution is -0.153. The molecule has 0 saturated heterocycles. The van der Waals surface area contributed by atoms with Gasteiger partial charge in [-0.2, -0.15) is 8.42 Å². The summed E-state index contributed by atoms with van der Waals surface area (Å²) in [5.74, 6) is -2.29. The van der Waals surface area contributed by atoms with Crippen LogP contribution in [-0.2, 0) is 24.4 Å². The van der Waals surface area contributed by atoms with Crippen molar-refractivity contribution in [3.63, 3.8) is 0 Å². The molecule has 0 spiro atoms. The lowest BCUT2D eigenvalue weighted by atomic mass is 10.1. The number of unbranched alkanes of at least 4 members (excludes halogenated alkanes) is 1. The molecule has 1 aromatic carbocycles. The minimum absolute atomic E-state index is 0.0129. The largest absolute Gasteiger partial charge is 0.490 e. The van der Waals surface area contributed by atoms with Crippen LogP contribution in [-0.4, -0.2) is 48.0 Å². The van der Waals surface area contributed by atoms with E-state index in [4.69, 9.17) is 19.1 Å². The van der Waals surface area contributed by atoms with Crippen molar-refractivity contribution in [2.24, 2.45) is 0 Å². The first-order valence-corrected chi connectivity index (χ1v) is 9.30. The molecule has 0 radical (unpaired) electrons. The molecule has 1 rings (SSSR count). The Kier molecular flexibility index (Phi) is 8.36. The molecule has 0 aromatic heterocycles. The van der Waals surface area contributed by atoms with Crippen molar-refractivity contribution < 1.29 is 37.1 Å². The van der Waals surface area contributed by atoms with Crippen LogP contribution in [0.5, 0.6) is 5.75 Å². The van der Waals surface area contributed by atoms with Gasteiger partial charge in [0.05, 0.1) is 6.42 Å². The number of aliphatic carboxylic acids is 1. The zero-order valence-corrected chi connectivity index (χ0v) is 14.6. The number of ether oxygens (including phenoxy) is 2. The summed E-state index contributed by atoms with van der Waals surface area (Å²) in [7, 11) is -4.89. The van der Waals surface area contributed by atoms with Crippen LogP contribution in [0.2, 0.25) is 0 Å². The molecule has 0 saturated carbocycles. The number of carbonyl (C=O) groups is 2. The van der Waals surface area contributed by atoms with Crippen LogP contribution in [0.4, 0.5) is 0 Å². The molecule has 2 unspecified atom stereocenters. The van der Waals surface area contributed by atoms with Crippen LogP contribution < -0.4 is 4.74 Å². The summed E-state index contributed by atoms with van der Waals surface area (Å²) in [6.45, 7) is 1.92. The van der Waals surface area contributed by atoms with Crippen LogP contribution in [0.25, 0.3) is 0 Å². The Morgan fingerprint density at radius 2 is 1.84 bits per heavy atom. The van der Waals surface area contributed by atoms with Gasteiger partial charge in [0.25, 0.3) is 10.1 Å². The third-order valence-corrected chi connectivity index (χ3v) is 4.40. The normalized spacial score (nSPS) is 13.7.